The number of methoxy groups -OCH3 is 1. The molecule has 9 nitrogen and oxygen atoms in total. The van der Waals surface area contributed by atoms with E-state index in [4.69, 9.17) is 14.2 Å². The Hall–Kier alpha value is -3.31. The van der Waals surface area contributed by atoms with E-state index in [1.54, 1.807) is 12.1 Å². The van der Waals surface area contributed by atoms with Gasteiger partial charge in [0, 0.05) is 19.2 Å². The quantitative estimate of drug-likeness (QED) is 0.421. The molecule has 1 aliphatic heterocycles. The highest BCUT2D eigenvalue weighted by molar-refractivity contribution is 7.59. The maximum absolute atomic E-state index is 14.8. The van der Waals surface area contributed by atoms with Crippen molar-refractivity contribution in [3.63, 3.8) is 0 Å². The molecule has 1 aliphatic carbocycles. The molecular formula is C26H31FN4O5S. The number of carboxylic acid groups (broad SMARTS) is 1. The van der Waals surface area contributed by atoms with Gasteiger partial charge in [0.05, 0.1) is 26.7 Å². The van der Waals surface area contributed by atoms with Gasteiger partial charge in [-0.15, -0.1) is 5.10 Å². The summed E-state index contributed by atoms with van der Waals surface area (Å²) in [5.74, 6) is 0.918. The van der Waals surface area contributed by atoms with Crippen LogP contribution in [0.2, 0.25) is 0 Å². The first-order chi connectivity index (χ1) is 17.5. The maximum atomic E-state index is 14.8. The predicted molar refractivity (Wildman–Crippen MR) is 140 cm³/mol. The van der Waals surface area contributed by atoms with Gasteiger partial charge in [0.1, 0.15) is 35.3 Å². The standard InChI is InChI=1S/C26H29FN4O5.H2S/c1-34-19-7-8-22(27)24(14-19)31-26(30-9-11-35-12-10-30)23(28-29-31)16-36-20-4-2-3-18(13-20)21(15-25(32)33)17-5-6-17;/h2-4,7-8,13-14,17,21H,5-6,9-12,15-16H2,1H3,(H,32,33);1H2/t21-;/m0./s1. The molecule has 0 unspecified atom stereocenters. The molecule has 1 aromatic heterocycles. The second kappa shape index (κ2) is 11.8. The Kier molecular flexibility index (Phi) is 8.55. The van der Waals surface area contributed by atoms with Gasteiger partial charge in [-0.2, -0.15) is 18.2 Å². The van der Waals surface area contributed by atoms with E-state index in [1.165, 1.54) is 17.9 Å². The first-order valence-corrected chi connectivity index (χ1v) is 12.1. The first kappa shape index (κ1) is 26.7. The van der Waals surface area contributed by atoms with Crippen molar-refractivity contribution in [2.75, 3.05) is 38.3 Å². The number of anilines is 1. The average molecular weight is 531 g/mol. The average Bonchev–Trinajstić information content (AvgIpc) is 3.65. The zero-order chi connectivity index (χ0) is 25.1. The summed E-state index contributed by atoms with van der Waals surface area (Å²) in [6, 6.07) is 12.1. The number of ether oxygens (including phenoxy) is 3. The number of aromatic nitrogens is 3. The second-order valence-electron chi connectivity index (χ2n) is 9.09. The van der Waals surface area contributed by atoms with Crippen LogP contribution in [0.25, 0.3) is 5.69 Å². The number of carbonyl (C=O) groups is 1. The van der Waals surface area contributed by atoms with Crippen LogP contribution in [-0.2, 0) is 16.1 Å². The number of morpholine rings is 1. The molecule has 5 rings (SSSR count). The third-order valence-electron chi connectivity index (χ3n) is 6.65. The summed E-state index contributed by atoms with van der Waals surface area (Å²) in [4.78, 5) is 13.4. The normalized spacial score (nSPS) is 16.1. The number of carboxylic acids is 1. The molecule has 2 aliphatic rings. The van der Waals surface area contributed by atoms with E-state index in [9.17, 15) is 14.3 Å². The van der Waals surface area contributed by atoms with Crippen molar-refractivity contribution >= 4 is 25.3 Å². The molecule has 1 saturated carbocycles. The van der Waals surface area contributed by atoms with Gasteiger partial charge < -0.3 is 24.2 Å². The van der Waals surface area contributed by atoms with Gasteiger partial charge in [0.2, 0.25) is 0 Å². The van der Waals surface area contributed by atoms with Crippen LogP contribution in [0.1, 0.15) is 36.4 Å². The Morgan fingerprint density at radius 1 is 1.19 bits per heavy atom. The largest absolute Gasteiger partial charge is 0.497 e. The molecule has 0 radical (unpaired) electrons. The molecule has 198 valence electrons. The van der Waals surface area contributed by atoms with Crippen molar-refractivity contribution in [3.8, 4) is 17.2 Å². The topological polar surface area (TPSA) is 98.9 Å². The minimum Gasteiger partial charge on any atom is -0.497 e. The number of rotatable bonds is 10. The fraction of sp³-hybridized carbons (Fsp3) is 0.423. The molecule has 3 aromatic rings. The summed E-state index contributed by atoms with van der Waals surface area (Å²) in [6.45, 7) is 2.43. The lowest BCUT2D eigenvalue weighted by Gasteiger charge is -2.29. The molecule has 1 N–H and O–H groups in total. The summed E-state index contributed by atoms with van der Waals surface area (Å²) >= 11 is 0. The molecule has 0 amide bonds. The Morgan fingerprint density at radius 3 is 2.68 bits per heavy atom. The Morgan fingerprint density at radius 2 is 1.97 bits per heavy atom. The maximum Gasteiger partial charge on any atom is 0.303 e. The fourth-order valence-corrected chi connectivity index (χ4v) is 4.67. The third kappa shape index (κ3) is 6.16. The lowest BCUT2D eigenvalue weighted by atomic mass is 9.91. The molecule has 2 fully saturated rings. The van der Waals surface area contributed by atoms with E-state index in [0.29, 0.717) is 55.2 Å². The van der Waals surface area contributed by atoms with E-state index in [1.807, 2.05) is 24.3 Å². The van der Waals surface area contributed by atoms with Crippen LogP contribution in [0.3, 0.4) is 0 Å². The minimum atomic E-state index is -0.797. The second-order valence-corrected chi connectivity index (χ2v) is 9.09. The minimum absolute atomic E-state index is 0. The Labute approximate surface area is 221 Å². The van der Waals surface area contributed by atoms with Gasteiger partial charge in [-0.05, 0) is 54.5 Å². The van der Waals surface area contributed by atoms with E-state index in [-0.39, 0.29) is 38.1 Å². The van der Waals surface area contributed by atoms with Crippen molar-refractivity contribution < 1.29 is 28.5 Å². The van der Waals surface area contributed by atoms with Crippen LogP contribution in [0, 0.1) is 11.7 Å². The third-order valence-corrected chi connectivity index (χ3v) is 6.65. The van der Waals surface area contributed by atoms with Crippen LogP contribution in [0.15, 0.2) is 42.5 Å². The number of hydrogen-bond acceptors (Lipinski definition) is 7. The molecule has 2 aromatic carbocycles. The number of benzene rings is 2. The molecule has 0 spiro atoms. The highest BCUT2D eigenvalue weighted by Crippen LogP contribution is 2.45. The Bertz CT molecular complexity index is 1230. The molecule has 2 heterocycles. The molecule has 1 saturated heterocycles. The van der Waals surface area contributed by atoms with Gasteiger partial charge in [-0.1, -0.05) is 17.3 Å². The highest BCUT2D eigenvalue weighted by Gasteiger charge is 2.34. The highest BCUT2D eigenvalue weighted by atomic mass is 32.1. The molecular weight excluding hydrogens is 499 g/mol. The van der Waals surface area contributed by atoms with E-state index >= 15 is 0 Å². The number of halogens is 1. The van der Waals surface area contributed by atoms with Gasteiger partial charge in [-0.3, -0.25) is 4.79 Å². The summed E-state index contributed by atoms with van der Waals surface area (Å²) in [7, 11) is 1.53. The zero-order valence-corrected chi connectivity index (χ0v) is 21.6. The summed E-state index contributed by atoms with van der Waals surface area (Å²) in [6.07, 6.45) is 2.21. The zero-order valence-electron chi connectivity index (χ0n) is 20.6. The van der Waals surface area contributed by atoms with Gasteiger partial charge in [-0.25, -0.2) is 4.39 Å². The van der Waals surface area contributed by atoms with Crippen molar-refractivity contribution in [1.82, 2.24) is 15.0 Å². The van der Waals surface area contributed by atoms with Crippen molar-refractivity contribution in [3.05, 3.63) is 59.5 Å². The number of aliphatic carboxylic acids is 1. The molecule has 1 atom stereocenters. The van der Waals surface area contributed by atoms with Crippen LogP contribution < -0.4 is 14.4 Å². The van der Waals surface area contributed by atoms with Crippen LogP contribution in [0.5, 0.6) is 11.5 Å². The van der Waals surface area contributed by atoms with E-state index < -0.39 is 11.8 Å². The fourth-order valence-electron chi connectivity index (χ4n) is 4.67. The molecule has 11 heteroatoms. The van der Waals surface area contributed by atoms with Crippen LogP contribution in [-0.4, -0.2) is 59.5 Å². The van der Waals surface area contributed by atoms with Gasteiger partial charge in [0.15, 0.2) is 5.82 Å². The van der Waals surface area contributed by atoms with E-state index in [2.05, 4.69) is 15.2 Å². The summed E-state index contributed by atoms with van der Waals surface area (Å²) in [5.41, 5.74) is 1.76. The SMILES string of the molecule is COc1ccc(F)c(-n2nnc(COc3cccc([C@@H](CC(=O)O)C4CC4)c3)c2N2CCOCC2)c1.S. The Balaban J connectivity index is 0.00000320. The first-order valence-electron chi connectivity index (χ1n) is 12.1. The summed E-state index contributed by atoms with van der Waals surface area (Å²) < 4.78 is 33.2. The van der Waals surface area contributed by atoms with E-state index in [0.717, 1.165) is 18.4 Å². The van der Waals surface area contributed by atoms with Gasteiger partial charge >= 0.3 is 5.97 Å². The smallest absolute Gasteiger partial charge is 0.303 e. The van der Waals surface area contributed by atoms with Crippen LogP contribution in [0.4, 0.5) is 10.2 Å². The lowest BCUT2D eigenvalue weighted by molar-refractivity contribution is -0.137. The predicted octanol–water partition coefficient (Wildman–Crippen LogP) is 3.91. The molecule has 0 bridgehead atoms. The van der Waals surface area contributed by atoms with Crippen molar-refractivity contribution in [1.29, 1.82) is 0 Å². The van der Waals surface area contributed by atoms with Crippen molar-refractivity contribution in [2.24, 2.45) is 5.92 Å². The van der Waals surface area contributed by atoms with Crippen molar-refractivity contribution in [2.45, 2.75) is 31.8 Å². The summed E-state index contributed by atoms with van der Waals surface area (Å²) in [5, 5.41) is 17.9. The number of hydrogen-bond donors (Lipinski definition) is 1. The number of nitrogens with zero attached hydrogens (tertiary/aromatic N) is 4. The lowest BCUT2D eigenvalue weighted by Crippen LogP contribution is -2.38. The van der Waals surface area contributed by atoms with Gasteiger partial charge in [0.25, 0.3) is 0 Å². The molecule has 37 heavy (non-hydrogen) atoms. The van der Waals surface area contributed by atoms with Crippen LogP contribution >= 0.6 is 13.5 Å². The monoisotopic (exact) mass is 530 g/mol.